The summed E-state index contributed by atoms with van der Waals surface area (Å²) in [5.74, 6) is 0. The van der Waals surface area contributed by atoms with Gasteiger partial charge in [-0.3, -0.25) is 14.9 Å². The molecule has 1 N–H and O–H groups in total. The molecule has 0 aliphatic carbocycles. The van der Waals surface area contributed by atoms with Crippen LogP contribution in [-0.4, -0.2) is 9.91 Å². The Morgan fingerprint density at radius 1 is 1.35 bits per heavy atom. The van der Waals surface area contributed by atoms with Crippen LogP contribution < -0.4 is 11.2 Å². The maximum atomic E-state index is 11.0. The number of nitrogens with zero attached hydrogens (tertiary/aromatic N) is 1. The summed E-state index contributed by atoms with van der Waals surface area (Å²) in [7, 11) is 0. The molecule has 1 heterocycles. The number of H-pyrrole nitrogens is 1. The van der Waals surface area contributed by atoms with Gasteiger partial charge in [-0.2, -0.15) is 0 Å². The first-order chi connectivity index (χ1) is 7.91. The van der Waals surface area contributed by atoms with E-state index in [-0.39, 0.29) is 21.1 Å². The fourth-order valence-electron chi connectivity index (χ4n) is 1.27. The van der Waals surface area contributed by atoms with E-state index in [0.29, 0.717) is 0 Å². The van der Waals surface area contributed by atoms with E-state index in [9.17, 15) is 19.7 Å². The molecule has 0 saturated carbocycles. The standard InChI is InChI=1S/C8H2Cl2N2O5/c9-2-1-3-5(6(4(2)10)12(15)16)11-7(13)8(14)17-3/h1H,(H,11,13). The first kappa shape index (κ1) is 11.6. The topological polar surface area (TPSA) is 106 Å². The third kappa shape index (κ3) is 1.79. The number of rotatable bonds is 1. The van der Waals surface area contributed by atoms with Gasteiger partial charge in [0.1, 0.15) is 5.02 Å². The zero-order valence-electron chi connectivity index (χ0n) is 7.82. The Kier molecular flexibility index (Phi) is 2.64. The highest BCUT2D eigenvalue weighted by atomic mass is 35.5. The van der Waals surface area contributed by atoms with Crippen molar-refractivity contribution in [3.63, 3.8) is 0 Å². The number of nitro benzene ring substituents is 1. The smallest absolute Gasteiger partial charge is 0.402 e. The maximum absolute atomic E-state index is 11.0. The summed E-state index contributed by atoms with van der Waals surface area (Å²) in [4.78, 5) is 34.0. The van der Waals surface area contributed by atoms with Crippen molar-refractivity contribution in [2.75, 3.05) is 0 Å². The van der Waals surface area contributed by atoms with E-state index in [4.69, 9.17) is 23.2 Å². The Hall–Kier alpha value is -1.86. The predicted molar refractivity (Wildman–Crippen MR) is 59.8 cm³/mol. The summed E-state index contributed by atoms with van der Waals surface area (Å²) >= 11 is 11.3. The van der Waals surface area contributed by atoms with E-state index >= 15 is 0 Å². The molecule has 0 bridgehead atoms. The largest absolute Gasteiger partial charge is 0.417 e. The van der Waals surface area contributed by atoms with Crippen LogP contribution in [0.5, 0.6) is 0 Å². The Labute approximate surface area is 102 Å². The molecule has 9 heteroatoms. The normalized spacial score (nSPS) is 10.7. The lowest BCUT2D eigenvalue weighted by atomic mass is 10.2. The molecule has 1 aromatic carbocycles. The van der Waals surface area contributed by atoms with Crippen LogP contribution in [0.15, 0.2) is 20.1 Å². The highest BCUT2D eigenvalue weighted by Gasteiger charge is 2.23. The predicted octanol–water partition coefficient (Wildman–Crippen LogP) is 1.70. The summed E-state index contributed by atoms with van der Waals surface area (Å²) in [6.07, 6.45) is 0. The third-order valence-electron chi connectivity index (χ3n) is 1.97. The van der Waals surface area contributed by atoms with E-state index in [0.717, 1.165) is 6.07 Å². The van der Waals surface area contributed by atoms with Crippen molar-refractivity contribution < 1.29 is 9.34 Å². The average molecular weight is 277 g/mol. The summed E-state index contributed by atoms with van der Waals surface area (Å²) in [5.41, 5.74) is -3.40. The SMILES string of the molecule is O=c1[nH]c2c([N+](=O)[O-])c(Cl)c(Cl)cc2oc1=O. The molecule has 0 radical (unpaired) electrons. The van der Waals surface area contributed by atoms with Crippen LogP contribution in [0.25, 0.3) is 11.1 Å². The lowest BCUT2D eigenvalue weighted by Gasteiger charge is -2.01. The van der Waals surface area contributed by atoms with Crippen LogP contribution in [0, 0.1) is 10.1 Å². The molecule has 0 saturated heterocycles. The van der Waals surface area contributed by atoms with E-state index < -0.39 is 21.8 Å². The second kappa shape index (κ2) is 3.86. The number of halogens is 2. The minimum absolute atomic E-state index is 0.152. The van der Waals surface area contributed by atoms with E-state index in [2.05, 4.69) is 4.42 Å². The van der Waals surface area contributed by atoms with Crippen molar-refractivity contribution in [3.8, 4) is 0 Å². The Balaban J connectivity index is 3.09. The third-order valence-corrected chi connectivity index (χ3v) is 2.75. The van der Waals surface area contributed by atoms with Gasteiger partial charge in [0.05, 0.1) is 9.95 Å². The van der Waals surface area contributed by atoms with Crippen molar-refractivity contribution >= 4 is 40.0 Å². The van der Waals surface area contributed by atoms with Crippen LogP contribution >= 0.6 is 23.2 Å². The van der Waals surface area contributed by atoms with Crippen LogP contribution in [0.1, 0.15) is 0 Å². The second-order valence-corrected chi connectivity index (χ2v) is 3.78. The first-order valence-corrected chi connectivity index (χ1v) is 4.87. The fraction of sp³-hybridized carbons (Fsp3) is 0. The molecule has 0 amide bonds. The summed E-state index contributed by atoms with van der Waals surface area (Å²) < 4.78 is 4.57. The van der Waals surface area contributed by atoms with Crippen molar-refractivity contribution in [1.82, 2.24) is 4.98 Å². The minimum atomic E-state index is -1.18. The molecule has 0 atom stereocenters. The van der Waals surface area contributed by atoms with Gasteiger partial charge in [-0.1, -0.05) is 23.2 Å². The van der Waals surface area contributed by atoms with Crippen molar-refractivity contribution in [1.29, 1.82) is 0 Å². The molecule has 0 unspecified atom stereocenters. The molecular weight excluding hydrogens is 275 g/mol. The molecule has 2 rings (SSSR count). The van der Waals surface area contributed by atoms with Crippen LogP contribution in [-0.2, 0) is 0 Å². The number of hydrogen-bond acceptors (Lipinski definition) is 5. The molecule has 0 aliphatic rings. The zero-order valence-corrected chi connectivity index (χ0v) is 9.33. The van der Waals surface area contributed by atoms with Crippen molar-refractivity contribution in [2.45, 2.75) is 0 Å². The van der Waals surface area contributed by atoms with E-state index in [1.807, 2.05) is 4.98 Å². The summed E-state index contributed by atoms with van der Waals surface area (Å²) in [6, 6.07) is 1.11. The Morgan fingerprint density at radius 2 is 2.00 bits per heavy atom. The first-order valence-electron chi connectivity index (χ1n) is 4.11. The summed E-state index contributed by atoms with van der Waals surface area (Å²) in [6.45, 7) is 0. The Morgan fingerprint density at radius 3 is 2.59 bits per heavy atom. The lowest BCUT2D eigenvalue weighted by molar-refractivity contribution is -0.383. The van der Waals surface area contributed by atoms with Crippen molar-refractivity contribution in [3.05, 3.63) is 47.0 Å². The van der Waals surface area contributed by atoms with Gasteiger partial charge in [0, 0.05) is 6.07 Å². The van der Waals surface area contributed by atoms with Gasteiger partial charge in [0.15, 0.2) is 11.1 Å². The highest BCUT2D eigenvalue weighted by molar-refractivity contribution is 6.44. The van der Waals surface area contributed by atoms with E-state index in [1.165, 1.54) is 0 Å². The maximum Gasteiger partial charge on any atom is 0.402 e. The van der Waals surface area contributed by atoms with Gasteiger partial charge < -0.3 is 9.40 Å². The van der Waals surface area contributed by atoms with Crippen LogP contribution in [0.4, 0.5) is 5.69 Å². The monoisotopic (exact) mass is 276 g/mol. The molecular formula is C8H2Cl2N2O5. The van der Waals surface area contributed by atoms with Crippen LogP contribution in [0.3, 0.4) is 0 Å². The molecule has 88 valence electrons. The van der Waals surface area contributed by atoms with Gasteiger partial charge in [-0.05, 0) is 0 Å². The fourth-order valence-corrected chi connectivity index (χ4v) is 1.68. The number of benzene rings is 1. The van der Waals surface area contributed by atoms with Crippen molar-refractivity contribution in [2.24, 2.45) is 0 Å². The zero-order chi connectivity index (χ0) is 12.7. The molecule has 2 aromatic rings. The minimum Gasteiger partial charge on any atom is -0.417 e. The summed E-state index contributed by atoms with van der Waals surface area (Å²) in [5, 5.41) is 10.3. The van der Waals surface area contributed by atoms with Gasteiger partial charge in [0.25, 0.3) is 0 Å². The van der Waals surface area contributed by atoms with Gasteiger partial charge in [0.2, 0.25) is 0 Å². The van der Waals surface area contributed by atoms with Gasteiger partial charge in [-0.15, -0.1) is 0 Å². The molecule has 0 aliphatic heterocycles. The molecule has 0 spiro atoms. The number of aromatic amines is 1. The number of nitrogens with one attached hydrogen (secondary N) is 1. The molecule has 1 aromatic heterocycles. The Bertz CT molecular complexity index is 748. The number of fused-ring (bicyclic) bond motifs is 1. The van der Waals surface area contributed by atoms with Crippen LogP contribution in [0.2, 0.25) is 10.0 Å². The molecule has 17 heavy (non-hydrogen) atoms. The van der Waals surface area contributed by atoms with E-state index in [1.54, 1.807) is 0 Å². The molecule has 7 nitrogen and oxygen atoms in total. The number of nitro groups is 1. The average Bonchev–Trinajstić information content (AvgIpc) is 2.23. The highest BCUT2D eigenvalue weighted by Crippen LogP contribution is 2.36. The number of aromatic nitrogens is 1. The van der Waals surface area contributed by atoms with Gasteiger partial charge >= 0.3 is 16.9 Å². The van der Waals surface area contributed by atoms with Gasteiger partial charge in [-0.25, -0.2) is 4.79 Å². The molecule has 0 fully saturated rings. The second-order valence-electron chi connectivity index (χ2n) is 2.99. The quantitative estimate of drug-likeness (QED) is 0.485. The lowest BCUT2D eigenvalue weighted by Crippen LogP contribution is -2.25. The number of hydrogen-bond donors (Lipinski definition) is 1.